The quantitative estimate of drug-likeness (QED) is 0.235. The average molecular weight is 317 g/mol. The predicted molar refractivity (Wildman–Crippen MR) is 98.4 cm³/mol. The van der Waals surface area contributed by atoms with Gasteiger partial charge >= 0.3 is 0 Å². The molecule has 0 aromatic rings. The van der Waals surface area contributed by atoms with Crippen molar-refractivity contribution in [3.63, 3.8) is 0 Å². The first-order chi connectivity index (χ1) is 9.89. The van der Waals surface area contributed by atoms with Crippen LogP contribution < -0.4 is 0 Å². The summed E-state index contributed by atoms with van der Waals surface area (Å²) in [6.07, 6.45) is 9.20. The van der Waals surface area contributed by atoms with Gasteiger partial charge in [0, 0.05) is 6.61 Å². The summed E-state index contributed by atoms with van der Waals surface area (Å²) in [5.74, 6) is 0. The summed E-state index contributed by atoms with van der Waals surface area (Å²) in [6, 6.07) is 4.17. The molecule has 0 spiro atoms. The van der Waals surface area contributed by atoms with E-state index < -0.39 is 8.32 Å². The van der Waals surface area contributed by atoms with Gasteiger partial charge in [-0.15, -0.1) is 0 Å². The number of quaternary nitrogens is 1. The molecule has 0 radical (unpaired) electrons. The summed E-state index contributed by atoms with van der Waals surface area (Å²) >= 11 is 0. The Labute approximate surface area is 136 Å². The van der Waals surface area contributed by atoms with Crippen LogP contribution in [-0.2, 0) is 4.43 Å². The summed E-state index contributed by atoms with van der Waals surface area (Å²) in [5, 5.41) is 0. The number of hydrogen-bond acceptors (Lipinski definition) is 1. The van der Waals surface area contributed by atoms with E-state index in [1.54, 1.807) is 0 Å². The monoisotopic (exact) mass is 316 g/mol. The van der Waals surface area contributed by atoms with Crippen molar-refractivity contribution in [2.45, 2.75) is 83.8 Å². The Morgan fingerprint density at radius 3 is 1.62 bits per heavy atom. The van der Waals surface area contributed by atoms with Gasteiger partial charge in [-0.25, -0.2) is 0 Å². The largest absolute Gasteiger partial charge is 0.417 e. The van der Waals surface area contributed by atoms with Gasteiger partial charge in [0.25, 0.3) is 0 Å². The van der Waals surface area contributed by atoms with Crippen LogP contribution in [0, 0.1) is 0 Å². The average Bonchev–Trinajstić information content (AvgIpc) is 2.41. The Kier molecular flexibility index (Phi) is 11.7. The SMILES string of the molecule is CCCCO[Si](CCCC)(CCCC)CCC[N+](C)(C)C. The maximum absolute atomic E-state index is 6.62. The van der Waals surface area contributed by atoms with E-state index in [9.17, 15) is 0 Å². The van der Waals surface area contributed by atoms with Gasteiger partial charge in [-0.2, -0.15) is 0 Å². The van der Waals surface area contributed by atoms with E-state index in [4.69, 9.17) is 4.43 Å². The summed E-state index contributed by atoms with van der Waals surface area (Å²) in [7, 11) is 5.43. The number of rotatable bonds is 14. The lowest BCUT2D eigenvalue weighted by Crippen LogP contribution is -2.41. The van der Waals surface area contributed by atoms with E-state index in [2.05, 4.69) is 41.9 Å². The predicted octanol–water partition coefficient (Wildman–Crippen LogP) is 5.45. The molecule has 0 aromatic heterocycles. The van der Waals surface area contributed by atoms with Gasteiger partial charge in [-0.1, -0.05) is 52.9 Å². The molecule has 0 aliphatic heterocycles. The highest BCUT2D eigenvalue weighted by atomic mass is 28.4. The first-order valence-electron chi connectivity index (χ1n) is 9.33. The van der Waals surface area contributed by atoms with Gasteiger partial charge in [0.15, 0.2) is 8.32 Å². The number of hydrogen-bond donors (Lipinski definition) is 0. The highest BCUT2D eigenvalue weighted by Gasteiger charge is 2.33. The van der Waals surface area contributed by atoms with Crippen molar-refractivity contribution >= 4 is 8.32 Å². The van der Waals surface area contributed by atoms with Gasteiger partial charge in [0.1, 0.15) is 0 Å². The molecular formula is C18H42NOSi+. The topological polar surface area (TPSA) is 9.23 Å². The molecule has 128 valence electrons. The van der Waals surface area contributed by atoms with E-state index in [1.807, 2.05) is 0 Å². The minimum Gasteiger partial charge on any atom is -0.417 e. The van der Waals surface area contributed by atoms with Crippen molar-refractivity contribution in [2.75, 3.05) is 34.3 Å². The van der Waals surface area contributed by atoms with E-state index in [1.165, 1.54) is 69.6 Å². The summed E-state index contributed by atoms with van der Waals surface area (Å²) in [5.41, 5.74) is 0. The van der Waals surface area contributed by atoms with Crippen LogP contribution in [0.25, 0.3) is 0 Å². The Morgan fingerprint density at radius 1 is 0.714 bits per heavy atom. The zero-order valence-corrected chi connectivity index (χ0v) is 16.8. The normalized spacial score (nSPS) is 12.9. The van der Waals surface area contributed by atoms with Gasteiger partial charge in [-0.05, 0) is 31.0 Å². The molecule has 0 bridgehead atoms. The first-order valence-corrected chi connectivity index (χ1v) is 11.9. The molecule has 21 heavy (non-hydrogen) atoms. The second-order valence-electron chi connectivity index (χ2n) is 7.71. The van der Waals surface area contributed by atoms with Crippen molar-refractivity contribution in [3.8, 4) is 0 Å². The molecule has 0 atom stereocenters. The lowest BCUT2D eigenvalue weighted by Gasteiger charge is -2.33. The molecule has 0 amide bonds. The summed E-state index contributed by atoms with van der Waals surface area (Å²) in [6.45, 7) is 9.20. The standard InChI is InChI=1S/C18H42NOSi/c1-7-10-15-20-21(16-11-8-2,17-12-9-3)18-13-14-19(4,5)6/h7-18H2,1-6H3/q+1. The van der Waals surface area contributed by atoms with Crippen LogP contribution in [0.3, 0.4) is 0 Å². The third-order valence-electron chi connectivity index (χ3n) is 4.34. The zero-order valence-electron chi connectivity index (χ0n) is 15.8. The Hall–Kier alpha value is 0.137. The molecule has 0 aliphatic rings. The van der Waals surface area contributed by atoms with E-state index in [-0.39, 0.29) is 0 Å². The molecule has 0 heterocycles. The second kappa shape index (κ2) is 11.7. The van der Waals surface area contributed by atoms with Gasteiger partial charge in [0.2, 0.25) is 0 Å². The van der Waals surface area contributed by atoms with Crippen LogP contribution in [0.1, 0.15) is 65.7 Å². The van der Waals surface area contributed by atoms with Crippen molar-refractivity contribution in [1.82, 2.24) is 0 Å². The summed E-state index contributed by atoms with van der Waals surface area (Å²) < 4.78 is 7.71. The van der Waals surface area contributed by atoms with Crippen molar-refractivity contribution in [1.29, 1.82) is 0 Å². The second-order valence-corrected chi connectivity index (χ2v) is 11.9. The first kappa shape index (κ1) is 21.1. The molecule has 2 nitrogen and oxygen atoms in total. The molecule has 0 unspecified atom stereocenters. The van der Waals surface area contributed by atoms with Gasteiger partial charge < -0.3 is 8.91 Å². The summed E-state index contributed by atoms with van der Waals surface area (Å²) in [4.78, 5) is 0. The molecule has 3 heteroatoms. The van der Waals surface area contributed by atoms with Crippen LogP contribution >= 0.6 is 0 Å². The molecule has 0 saturated heterocycles. The highest BCUT2D eigenvalue weighted by Crippen LogP contribution is 2.29. The fourth-order valence-electron chi connectivity index (χ4n) is 2.90. The van der Waals surface area contributed by atoms with Crippen LogP contribution in [0.4, 0.5) is 0 Å². The fraction of sp³-hybridized carbons (Fsp3) is 1.00. The maximum Gasteiger partial charge on any atom is 0.192 e. The molecular weight excluding hydrogens is 274 g/mol. The van der Waals surface area contributed by atoms with Gasteiger partial charge in [-0.3, -0.25) is 0 Å². The van der Waals surface area contributed by atoms with Crippen LogP contribution in [0.5, 0.6) is 0 Å². The van der Waals surface area contributed by atoms with E-state index in [0.717, 1.165) is 11.1 Å². The van der Waals surface area contributed by atoms with Gasteiger partial charge in [0.05, 0.1) is 27.7 Å². The number of unbranched alkanes of at least 4 members (excludes halogenated alkanes) is 3. The van der Waals surface area contributed by atoms with Crippen LogP contribution in [-0.4, -0.2) is 47.1 Å². The Morgan fingerprint density at radius 2 is 1.19 bits per heavy atom. The molecule has 0 aliphatic carbocycles. The number of nitrogens with zero attached hydrogens (tertiary/aromatic N) is 1. The molecule has 0 rings (SSSR count). The minimum absolute atomic E-state index is 1.01. The van der Waals surface area contributed by atoms with Crippen LogP contribution in [0.15, 0.2) is 0 Å². The zero-order chi connectivity index (χ0) is 16.2. The third-order valence-corrected chi connectivity index (χ3v) is 8.95. The third kappa shape index (κ3) is 11.4. The smallest absolute Gasteiger partial charge is 0.192 e. The van der Waals surface area contributed by atoms with Crippen molar-refractivity contribution in [2.24, 2.45) is 0 Å². The van der Waals surface area contributed by atoms with Crippen molar-refractivity contribution in [3.05, 3.63) is 0 Å². The Balaban J connectivity index is 4.61. The molecule has 0 saturated carbocycles. The van der Waals surface area contributed by atoms with Crippen LogP contribution in [0.2, 0.25) is 18.1 Å². The molecule has 0 aromatic carbocycles. The lowest BCUT2D eigenvalue weighted by molar-refractivity contribution is -0.870. The van der Waals surface area contributed by atoms with E-state index >= 15 is 0 Å². The highest BCUT2D eigenvalue weighted by molar-refractivity contribution is 6.73. The molecule has 0 fully saturated rings. The Bertz CT molecular complexity index is 230. The lowest BCUT2D eigenvalue weighted by atomic mass is 10.4. The fourth-order valence-corrected chi connectivity index (χ4v) is 7.46. The minimum atomic E-state index is -1.48. The van der Waals surface area contributed by atoms with Crippen molar-refractivity contribution < 1.29 is 8.91 Å². The molecule has 0 N–H and O–H groups in total. The van der Waals surface area contributed by atoms with E-state index in [0.29, 0.717) is 0 Å². The maximum atomic E-state index is 6.62.